The molecular weight excluding hydrogens is 298 g/mol. The molecule has 4 heteroatoms. The SMILES string of the molecule is C=C(Nc1cc2cc(-c3cncc(C=O)c3)ccc2cn1)C1CC1. The summed E-state index contributed by atoms with van der Waals surface area (Å²) in [6.45, 7) is 4.08. The van der Waals surface area contributed by atoms with Crippen LogP contribution in [0, 0.1) is 5.92 Å². The minimum absolute atomic E-state index is 0.574. The molecule has 24 heavy (non-hydrogen) atoms. The van der Waals surface area contributed by atoms with Gasteiger partial charge in [0.25, 0.3) is 0 Å². The van der Waals surface area contributed by atoms with Gasteiger partial charge in [-0.05, 0) is 47.9 Å². The molecule has 0 spiro atoms. The second-order valence-corrected chi connectivity index (χ2v) is 6.18. The van der Waals surface area contributed by atoms with Gasteiger partial charge in [-0.1, -0.05) is 18.7 Å². The van der Waals surface area contributed by atoms with Crippen LogP contribution in [0.4, 0.5) is 5.82 Å². The molecule has 1 N–H and O–H groups in total. The van der Waals surface area contributed by atoms with E-state index >= 15 is 0 Å². The zero-order chi connectivity index (χ0) is 16.5. The molecule has 0 bridgehead atoms. The maximum Gasteiger partial charge on any atom is 0.151 e. The minimum atomic E-state index is 0.574. The van der Waals surface area contributed by atoms with Gasteiger partial charge in [-0.25, -0.2) is 4.98 Å². The van der Waals surface area contributed by atoms with E-state index in [1.807, 2.05) is 30.5 Å². The van der Waals surface area contributed by atoms with Crippen LogP contribution < -0.4 is 5.32 Å². The average molecular weight is 315 g/mol. The fourth-order valence-electron chi connectivity index (χ4n) is 2.77. The number of aldehydes is 1. The summed E-state index contributed by atoms with van der Waals surface area (Å²) in [5, 5.41) is 5.47. The monoisotopic (exact) mass is 315 g/mol. The van der Waals surface area contributed by atoms with Gasteiger partial charge < -0.3 is 5.32 Å². The zero-order valence-electron chi connectivity index (χ0n) is 13.2. The van der Waals surface area contributed by atoms with Crippen LogP contribution in [0.3, 0.4) is 0 Å². The van der Waals surface area contributed by atoms with Crippen LogP contribution in [0.1, 0.15) is 23.2 Å². The maximum atomic E-state index is 10.9. The van der Waals surface area contributed by atoms with Crippen LogP contribution in [0.2, 0.25) is 0 Å². The molecule has 1 aliphatic rings. The number of nitrogens with zero attached hydrogens (tertiary/aromatic N) is 2. The van der Waals surface area contributed by atoms with Gasteiger partial charge in [-0.2, -0.15) is 0 Å². The number of hydrogen-bond donors (Lipinski definition) is 1. The lowest BCUT2D eigenvalue weighted by atomic mass is 10.0. The van der Waals surface area contributed by atoms with E-state index in [0.29, 0.717) is 11.5 Å². The number of fused-ring (bicyclic) bond motifs is 1. The standard InChI is InChI=1S/C20H17N3O/c1-13(15-2-3-15)23-20-8-18-7-16(4-5-17(18)11-22-20)19-6-14(12-24)9-21-10-19/h4-12,15H,1-3H2,(H,22,23). The highest BCUT2D eigenvalue weighted by atomic mass is 16.1. The fraction of sp³-hybridized carbons (Fsp3) is 0.150. The lowest BCUT2D eigenvalue weighted by Gasteiger charge is -2.09. The molecule has 0 atom stereocenters. The van der Waals surface area contributed by atoms with E-state index in [4.69, 9.17) is 0 Å². The molecule has 2 aromatic heterocycles. The predicted molar refractivity (Wildman–Crippen MR) is 95.8 cm³/mol. The van der Waals surface area contributed by atoms with Crippen LogP contribution in [-0.4, -0.2) is 16.3 Å². The molecule has 1 fully saturated rings. The van der Waals surface area contributed by atoms with E-state index in [2.05, 4.69) is 27.9 Å². The van der Waals surface area contributed by atoms with Gasteiger partial charge >= 0.3 is 0 Å². The summed E-state index contributed by atoms with van der Waals surface area (Å²) >= 11 is 0. The normalized spacial score (nSPS) is 13.7. The molecule has 4 nitrogen and oxygen atoms in total. The molecular formula is C20H17N3O. The molecule has 1 aliphatic carbocycles. The van der Waals surface area contributed by atoms with Gasteiger partial charge in [0.1, 0.15) is 5.82 Å². The summed E-state index contributed by atoms with van der Waals surface area (Å²) in [5.74, 6) is 1.40. The summed E-state index contributed by atoms with van der Waals surface area (Å²) < 4.78 is 0. The molecule has 2 heterocycles. The second kappa shape index (κ2) is 5.89. The Kier molecular flexibility index (Phi) is 3.58. The molecule has 4 rings (SSSR count). The van der Waals surface area contributed by atoms with Gasteiger partial charge in [-0.15, -0.1) is 0 Å². The molecule has 118 valence electrons. The number of hydrogen-bond acceptors (Lipinski definition) is 4. The van der Waals surface area contributed by atoms with Crippen LogP contribution in [-0.2, 0) is 0 Å². The van der Waals surface area contributed by atoms with Gasteiger partial charge in [0.05, 0.1) is 0 Å². The largest absolute Gasteiger partial charge is 0.344 e. The highest BCUT2D eigenvalue weighted by Crippen LogP contribution is 2.36. The quantitative estimate of drug-likeness (QED) is 0.707. The Morgan fingerprint density at radius 2 is 1.96 bits per heavy atom. The first-order chi connectivity index (χ1) is 11.7. The van der Waals surface area contributed by atoms with Gasteiger partial charge in [0, 0.05) is 40.8 Å². The van der Waals surface area contributed by atoms with Crippen LogP contribution >= 0.6 is 0 Å². The molecule has 0 amide bonds. The Morgan fingerprint density at radius 3 is 2.75 bits per heavy atom. The van der Waals surface area contributed by atoms with E-state index in [0.717, 1.165) is 39.7 Å². The summed E-state index contributed by atoms with van der Waals surface area (Å²) in [5.41, 5.74) is 3.57. The van der Waals surface area contributed by atoms with E-state index in [9.17, 15) is 4.79 Å². The van der Waals surface area contributed by atoms with E-state index in [1.54, 1.807) is 12.4 Å². The van der Waals surface area contributed by atoms with Crippen LogP contribution in [0.15, 0.2) is 61.2 Å². The number of carbonyl (C=O) groups excluding carboxylic acids is 1. The van der Waals surface area contributed by atoms with Crippen molar-refractivity contribution in [3.8, 4) is 11.1 Å². The third-order valence-corrected chi connectivity index (χ3v) is 4.31. The number of anilines is 1. The molecule has 0 saturated heterocycles. The summed E-state index contributed by atoms with van der Waals surface area (Å²) in [7, 11) is 0. The topological polar surface area (TPSA) is 54.9 Å². The molecule has 1 saturated carbocycles. The first kappa shape index (κ1) is 14.6. The van der Waals surface area contributed by atoms with E-state index in [1.165, 1.54) is 12.8 Å². The van der Waals surface area contributed by atoms with E-state index < -0.39 is 0 Å². The molecule has 0 radical (unpaired) electrons. The molecule has 1 aromatic carbocycles. The number of pyridine rings is 2. The second-order valence-electron chi connectivity index (χ2n) is 6.18. The van der Waals surface area contributed by atoms with Gasteiger partial charge in [0.2, 0.25) is 0 Å². The zero-order valence-corrected chi connectivity index (χ0v) is 13.2. The van der Waals surface area contributed by atoms with Crippen LogP contribution in [0.5, 0.6) is 0 Å². The lowest BCUT2D eigenvalue weighted by Crippen LogP contribution is -2.01. The highest BCUT2D eigenvalue weighted by molar-refractivity contribution is 5.89. The molecule has 3 aromatic rings. The van der Waals surface area contributed by atoms with Crippen molar-refractivity contribution in [3.63, 3.8) is 0 Å². The van der Waals surface area contributed by atoms with Crippen LogP contribution in [0.25, 0.3) is 21.9 Å². The molecule has 0 unspecified atom stereocenters. The van der Waals surface area contributed by atoms with Crippen molar-refractivity contribution >= 4 is 22.9 Å². The van der Waals surface area contributed by atoms with Crippen molar-refractivity contribution in [2.75, 3.05) is 5.32 Å². The van der Waals surface area contributed by atoms with Crippen molar-refractivity contribution in [1.82, 2.24) is 9.97 Å². The first-order valence-electron chi connectivity index (χ1n) is 7.99. The smallest absolute Gasteiger partial charge is 0.151 e. The highest BCUT2D eigenvalue weighted by Gasteiger charge is 2.24. The summed E-state index contributed by atoms with van der Waals surface area (Å²) in [4.78, 5) is 19.5. The third-order valence-electron chi connectivity index (χ3n) is 4.31. The predicted octanol–water partition coefficient (Wildman–Crippen LogP) is 4.44. The number of carbonyl (C=O) groups is 1. The number of nitrogens with one attached hydrogen (secondary N) is 1. The van der Waals surface area contributed by atoms with Crippen molar-refractivity contribution < 1.29 is 4.79 Å². The van der Waals surface area contributed by atoms with Gasteiger partial charge in [-0.3, -0.25) is 9.78 Å². The Bertz CT molecular complexity index is 945. The van der Waals surface area contributed by atoms with Crippen molar-refractivity contribution in [1.29, 1.82) is 0 Å². The Morgan fingerprint density at radius 1 is 1.08 bits per heavy atom. The molecule has 0 aliphatic heterocycles. The first-order valence-corrected chi connectivity index (χ1v) is 7.99. The van der Waals surface area contributed by atoms with Crippen molar-refractivity contribution in [3.05, 3.63) is 66.8 Å². The third kappa shape index (κ3) is 2.91. The van der Waals surface area contributed by atoms with E-state index in [-0.39, 0.29) is 0 Å². The Hall–Kier alpha value is -3.01. The number of allylic oxidation sites excluding steroid dienone is 1. The maximum absolute atomic E-state index is 10.9. The fourth-order valence-corrected chi connectivity index (χ4v) is 2.77. The Balaban J connectivity index is 1.69. The number of aromatic nitrogens is 2. The van der Waals surface area contributed by atoms with Gasteiger partial charge in [0.15, 0.2) is 6.29 Å². The number of rotatable bonds is 5. The minimum Gasteiger partial charge on any atom is -0.344 e. The summed E-state index contributed by atoms with van der Waals surface area (Å²) in [6.07, 6.45) is 8.43. The van der Waals surface area contributed by atoms with Crippen molar-refractivity contribution in [2.45, 2.75) is 12.8 Å². The Labute approximate surface area is 140 Å². The summed E-state index contributed by atoms with van der Waals surface area (Å²) in [6, 6.07) is 10.0. The lowest BCUT2D eigenvalue weighted by molar-refractivity contribution is 0.112. The van der Waals surface area contributed by atoms with Crippen molar-refractivity contribution in [2.24, 2.45) is 5.92 Å². The number of benzene rings is 1. The average Bonchev–Trinajstić information content (AvgIpc) is 3.46.